The van der Waals surface area contributed by atoms with Gasteiger partial charge in [0.05, 0.1) is 23.0 Å². The van der Waals surface area contributed by atoms with Crippen molar-refractivity contribution >= 4 is 54.8 Å². The molecule has 0 radical (unpaired) electrons. The number of halogens is 1. The molecule has 0 spiro atoms. The Morgan fingerprint density at radius 1 is 1.04 bits per heavy atom. The zero-order chi connectivity index (χ0) is 16.5. The van der Waals surface area contributed by atoms with Crippen molar-refractivity contribution in [1.29, 1.82) is 0 Å². The molecule has 0 fully saturated rings. The Morgan fingerprint density at radius 3 is 2.67 bits per heavy atom. The molecule has 4 rings (SSSR count). The maximum Gasteiger partial charge on any atom is 0.190 e. The molecule has 0 saturated carbocycles. The molecule has 0 amide bonds. The number of nitrogens with one attached hydrogen (secondary N) is 1. The fourth-order valence-corrected chi connectivity index (χ4v) is 4.02. The van der Waals surface area contributed by atoms with Crippen molar-refractivity contribution in [3.05, 3.63) is 52.9 Å². The third kappa shape index (κ3) is 3.08. The Morgan fingerprint density at radius 2 is 1.88 bits per heavy atom. The number of thiazole rings is 2. The van der Waals surface area contributed by atoms with Gasteiger partial charge >= 0.3 is 0 Å². The summed E-state index contributed by atoms with van der Waals surface area (Å²) >= 11 is 9.06. The van der Waals surface area contributed by atoms with E-state index in [-0.39, 0.29) is 0 Å². The molecule has 120 valence electrons. The Kier molecular flexibility index (Phi) is 4.10. The fraction of sp³-hybridized carbons (Fsp3) is 0.0588. The number of hydrogen-bond donors (Lipinski definition) is 1. The Bertz CT molecular complexity index is 995. The fourth-order valence-electron chi connectivity index (χ4n) is 2.26. The quantitative estimate of drug-likeness (QED) is 0.489. The van der Waals surface area contributed by atoms with Gasteiger partial charge in [0.25, 0.3) is 0 Å². The highest BCUT2D eigenvalue weighted by Crippen LogP contribution is 2.33. The molecule has 7 heteroatoms. The number of methoxy groups -OCH3 is 1. The molecule has 2 heterocycles. The van der Waals surface area contributed by atoms with Crippen LogP contribution in [-0.2, 0) is 0 Å². The summed E-state index contributed by atoms with van der Waals surface area (Å²) in [5.41, 5.74) is 2.87. The molecule has 0 aliphatic carbocycles. The molecule has 0 unspecified atom stereocenters. The first-order chi connectivity index (χ1) is 11.7. The Hall–Kier alpha value is -2.15. The van der Waals surface area contributed by atoms with Crippen LogP contribution < -0.4 is 10.1 Å². The van der Waals surface area contributed by atoms with Gasteiger partial charge in [-0.05, 0) is 24.3 Å². The molecule has 0 saturated heterocycles. The molecule has 0 aliphatic rings. The van der Waals surface area contributed by atoms with Crippen LogP contribution in [0.1, 0.15) is 0 Å². The highest BCUT2D eigenvalue weighted by Gasteiger charge is 2.09. The van der Waals surface area contributed by atoms with Gasteiger partial charge in [0.1, 0.15) is 5.75 Å². The van der Waals surface area contributed by atoms with E-state index < -0.39 is 0 Å². The van der Waals surface area contributed by atoms with Gasteiger partial charge in [0.15, 0.2) is 10.3 Å². The van der Waals surface area contributed by atoms with E-state index in [0.29, 0.717) is 0 Å². The number of benzene rings is 2. The van der Waals surface area contributed by atoms with E-state index in [2.05, 4.69) is 15.3 Å². The van der Waals surface area contributed by atoms with Crippen LogP contribution in [0, 0.1) is 0 Å². The second-order valence-electron chi connectivity index (χ2n) is 5.02. The summed E-state index contributed by atoms with van der Waals surface area (Å²) in [6, 6.07) is 13.5. The zero-order valence-corrected chi connectivity index (χ0v) is 15.0. The van der Waals surface area contributed by atoms with Gasteiger partial charge in [-0.1, -0.05) is 35.1 Å². The van der Waals surface area contributed by atoms with E-state index in [1.54, 1.807) is 29.8 Å². The minimum Gasteiger partial charge on any atom is -0.497 e. The van der Waals surface area contributed by atoms with E-state index >= 15 is 0 Å². The summed E-state index contributed by atoms with van der Waals surface area (Å²) in [5.74, 6) is 0.804. The van der Waals surface area contributed by atoms with Crippen LogP contribution in [0.2, 0.25) is 5.02 Å². The van der Waals surface area contributed by atoms with E-state index in [0.717, 1.165) is 42.5 Å². The number of nitrogens with zero attached hydrogens (tertiary/aromatic N) is 2. The predicted octanol–water partition coefficient (Wildman–Crippen LogP) is 5.83. The largest absolute Gasteiger partial charge is 0.497 e. The molecule has 2 aromatic carbocycles. The number of hydrogen-bond acceptors (Lipinski definition) is 6. The molecular weight excluding hydrogens is 362 g/mol. The minimum absolute atomic E-state index is 0.720. The van der Waals surface area contributed by atoms with Gasteiger partial charge in [-0.15, -0.1) is 11.3 Å². The minimum atomic E-state index is 0.720. The lowest BCUT2D eigenvalue weighted by Gasteiger charge is -1.97. The van der Waals surface area contributed by atoms with Gasteiger partial charge in [-0.25, -0.2) is 9.97 Å². The van der Waals surface area contributed by atoms with Crippen LogP contribution in [0.5, 0.6) is 5.75 Å². The van der Waals surface area contributed by atoms with Crippen molar-refractivity contribution in [3.63, 3.8) is 0 Å². The summed E-state index contributed by atoms with van der Waals surface area (Å²) in [4.78, 5) is 9.20. The maximum atomic E-state index is 5.93. The molecule has 4 nitrogen and oxygen atoms in total. The van der Waals surface area contributed by atoms with Crippen LogP contribution in [0.4, 0.5) is 10.3 Å². The number of aromatic nitrogens is 2. The normalized spacial score (nSPS) is 10.9. The molecule has 1 N–H and O–H groups in total. The summed E-state index contributed by atoms with van der Waals surface area (Å²) in [7, 11) is 1.65. The van der Waals surface area contributed by atoms with E-state index in [1.807, 2.05) is 47.8 Å². The topological polar surface area (TPSA) is 47.0 Å². The van der Waals surface area contributed by atoms with E-state index in [9.17, 15) is 0 Å². The third-order valence-corrected chi connectivity index (χ3v) is 5.41. The number of anilines is 2. The molecular formula is C17H12ClN3OS2. The van der Waals surface area contributed by atoms with Gasteiger partial charge < -0.3 is 10.1 Å². The molecule has 0 aliphatic heterocycles. The van der Waals surface area contributed by atoms with Gasteiger partial charge in [-0.2, -0.15) is 0 Å². The first-order valence-corrected chi connectivity index (χ1v) is 9.22. The highest BCUT2D eigenvalue weighted by atomic mass is 35.5. The van der Waals surface area contributed by atoms with Crippen LogP contribution >= 0.6 is 34.3 Å². The molecule has 24 heavy (non-hydrogen) atoms. The van der Waals surface area contributed by atoms with Crippen LogP contribution in [0.15, 0.2) is 47.8 Å². The maximum absolute atomic E-state index is 5.93. The van der Waals surface area contributed by atoms with E-state index in [4.69, 9.17) is 16.3 Å². The molecule has 0 bridgehead atoms. The Balaban J connectivity index is 1.58. The smallest absolute Gasteiger partial charge is 0.190 e. The Labute approximate surface area is 151 Å². The zero-order valence-electron chi connectivity index (χ0n) is 12.6. The third-order valence-electron chi connectivity index (χ3n) is 3.45. The van der Waals surface area contributed by atoms with Gasteiger partial charge in [0, 0.05) is 22.0 Å². The number of ether oxygens (including phenoxy) is 1. The average molecular weight is 374 g/mol. The predicted molar refractivity (Wildman–Crippen MR) is 102 cm³/mol. The first-order valence-electron chi connectivity index (χ1n) is 7.14. The average Bonchev–Trinajstić information content (AvgIpc) is 3.21. The molecule has 2 aromatic heterocycles. The second kappa shape index (κ2) is 6.39. The lowest BCUT2D eigenvalue weighted by molar-refractivity contribution is 0.415. The lowest BCUT2D eigenvalue weighted by Crippen LogP contribution is -1.88. The highest BCUT2D eigenvalue weighted by molar-refractivity contribution is 7.22. The second-order valence-corrected chi connectivity index (χ2v) is 7.35. The summed E-state index contributed by atoms with van der Waals surface area (Å²) in [5, 5.41) is 7.64. The van der Waals surface area contributed by atoms with E-state index in [1.165, 1.54) is 0 Å². The monoisotopic (exact) mass is 373 g/mol. The molecule has 0 atom stereocenters. The van der Waals surface area contributed by atoms with Gasteiger partial charge in [0.2, 0.25) is 0 Å². The van der Waals surface area contributed by atoms with Crippen molar-refractivity contribution in [2.75, 3.05) is 12.4 Å². The summed E-state index contributed by atoms with van der Waals surface area (Å²) < 4.78 is 6.34. The van der Waals surface area contributed by atoms with Crippen LogP contribution in [0.25, 0.3) is 21.5 Å². The number of fused-ring (bicyclic) bond motifs is 1. The van der Waals surface area contributed by atoms with Crippen molar-refractivity contribution in [2.24, 2.45) is 0 Å². The summed E-state index contributed by atoms with van der Waals surface area (Å²) in [6.07, 6.45) is 0. The molecule has 4 aromatic rings. The van der Waals surface area contributed by atoms with Gasteiger partial charge in [-0.3, -0.25) is 0 Å². The number of rotatable bonds is 4. The van der Waals surface area contributed by atoms with Crippen molar-refractivity contribution in [2.45, 2.75) is 0 Å². The standard InChI is InChI=1S/C17H12ClN3OS2/c1-22-12-6-7-15-13(8-12)19-17(24-15)21-16-20-14(9-23-16)10-2-4-11(18)5-3-10/h2-9H,1H3,(H,19,20,21). The SMILES string of the molecule is COc1ccc2sc(Nc3nc(-c4ccc(Cl)cc4)cs3)nc2c1. The first kappa shape index (κ1) is 15.4. The lowest BCUT2D eigenvalue weighted by atomic mass is 10.2. The van der Waals surface area contributed by atoms with Crippen molar-refractivity contribution in [3.8, 4) is 17.0 Å². The van der Waals surface area contributed by atoms with Crippen molar-refractivity contribution < 1.29 is 4.74 Å². The van der Waals surface area contributed by atoms with Crippen molar-refractivity contribution in [1.82, 2.24) is 9.97 Å². The van der Waals surface area contributed by atoms with Crippen LogP contribution in [-0.4, -0.2) is 17.1 Å². The van der Waals surface area contributed by atoms with Crippen LogP contribution in [0.3, 0.4) is 0 Å². The summed E-state index contributed by atoms with van der Waals surface area (Å²) in [6.45, 7) is 0.